The predicted molar refractivity (Wildman–Crippen MR) is 82.7 cm³/mol. The molecule has 0 atom stereocenters. The molecule has 0 heterocycles. The molecule has 0 saturated carbocycles. The highest BCUT2D eigenvalue weighted by Gasteiger charge is 2.07. The maximum atomic E-state index is 11.8. The van der Waals surface area contributed by atoms with Gasteiger partial charge < -0.3 is 20.3 Å². The van der Waals surface area contributed by atoms with E-state index in [4.69, 9.17) is 16.3 Å². The number of rotatable bonds is 8. The number of carbonyl (C=O) groups excluding carboxylic acids is 1. The second-order valence-corrected chi connectivity index (χ2v) is 5.16. The van der Waals surface area contributed by atoms with Gasteiger partial charge in [0.25, 0.3) is 0 Å². The van der Waals surface area contributed by atoms with Gasteiger partial charge in [-0.1, -0.05) is 11.6 Å². The number of nitrogens with zero attached hydrogens (tertiary/aromatic N) is 1. The maximum Gasteiger partial charge on any atom is 0.238 e. The van der Waals surface area contributed by atoms with E-state index in [-0.39, 0.29) is 12.5 Å². The Bertz CT molecular complexity index is 438. The molecule has 1 aromatic carbocycles. The van der Waals surface area contributed by atoms with Crippen LogP contribution in [0.5, 0.6) is 5.75 Å². The average Bonchev–Trinajstić information content (AvgIpc) is 2.38. The van der Waals surface area contributed by atoms with Crippen LogP contribution >= 0.6 is 11.6 Å². The molecule has 2 N–H and O–H groups in total. The standard InChI is InChI=1S/C14H22ClN3O2/c1-18(2)8-4-7-16-10-14(19)17-12-9-11(15)5-6-13(12)20-3/h5-6,9,16H,4,7-8,10H2,1-3H3,(H,17,19). The van der Waals surface area contributed by atoms with Gasteiger partial charge in [0.2, 0.25) is 5.91 Å². The van der Waals surface area contributed by atoms with E-state index in [1.54, 1.807) is 25.3 Å². The molecule has 0 aromatic heterocycles. The number of amides is 1. The van der Waals surface area contributed by atoms with Gasteiger partial charge in [0.1, 0.15) is 5.75 Å². The quantitative estimate of drug-likeness (QED) is 0.719. The van der Waals surface area contributed by atoms with Crippen LogP contribution in [0.1, 0.15) is 6.42 Å². The van der Waals surface area contributed by atoms with Crippen molar-refractivity contribution in [1.82, 2.24) is 10.2 Å². The summed E-state index contributed by atoms with van der Waals surface area (Å²) in [5, 5.41) is 6.44. The first-order valence-electron chi connectivity index (χ1n) is 6.51. The van der Waals surface area contributed by atoms with Crippen molar-refractivity contribution in [2.45, 2.75) is 6.42 Å². The summed E-state index contributed by atoms with van der Waals surface area (Å²) in [5.74, 6) is 0.478. The van der Waals surface area contributed by atoms with Crippen molar-refractivity contribution in [2.24, 2.45) is 0 Å². The van der Waals surface area contributed by atoms with Gasteiger partial charge in [-0.2, -0.15) is 0 Å². The lowest BCUT2D eigenvalue weighted by atomic mass is 10.3. The molecule has 1 amide bonds. The molecule has 0 spiro atoms. The van der Waals surface area contributed by atoms with E-state index in [1.165, 1.54) is 0 Å². The lowest BCUT2D eigenvalue weighted by Gasteiger charge is -2.12. The van der Waals surface area contributed by atoms with E-state index in [0.717, 1.165) is 19.5 Å². The summed E-state index contributed by atoms with van der Waals surface area (Å²) >= 11 is 5.91. The van der Waals surface area contributed by atoms with Crippen molar-refractivity contribution in [3.8, 4) is 5.75 Å². The molecule has 20 heavy (non-hydrogen) atoms. The summed E-state index contributed by atoms with van der Waals surface area (Å²) in [4.78, 5) is 13.9. The van der Waals surface area contributed by atoms with Crippen LogP contribution in [-0.4, -0.2) is 51.6 Å². The molecule has 1 rings (SSSR count). The van der Waals surface area contributed by atoms with Crippen molar-refractivity contribution in [3.05, 3.63) is 23.2 Å². The summed E-state index contributed by atoms with van der Waals surface area (Å²) in [5.41, 5.74) is 0.583. The molecule has 0 aliphatic heterocycles. The second-order valence-electron chi connectivity index (χ2n) is 4.73. The number of halogens is 1. The minimum Gasteiger partial charge on any atom is -0.495 e. The minimum atomic E-state index is -0.115. The minimum absolute atomic E-state index is 0.115. The number of ether oxygens (including phenoxy) is 1. The van der Waals surface area contributed by atoms with E-state index in [0.29, 0.717) is 16.5 Å². The first-order valence-corrected chi connectivity index (χ1v) is 6.89. The first-order chi connectivity index (χ1) is 9.52. The Labute approximate surface area is 125 Å². The van der Waals surface area contributed by atoms with Gasteiger partial charge >= 0.3 is 0 Å². The van der Waals surface area contributed by atoms with Crippen molar-refractivity contribution in [1.29, 1.82) is 0 Å². The Kier molecular flexibility index (Phi) is 7.36. The van der Waals surface area contributed by atoms with E-state index >= 15 is 0 Å². The lowest BCUT2D eigenvalue weighted by molar-refractivity contribution is -0.115. The molecule has 0 saturated heterocycles. The van der Waals surface area contributed by atoms with Crippen molar-refractivity contribution < 1.29 is 9.53 Å². The topological polar surface area (TPSA) is 53.6 Å². The number of methoxy groups -OCH3 is 1. The van der Waals surface area contributed by atoms with Gasteiger partial charge in [0, 0.05) is 5.02 Å². The van der Waals surface area contributed by atoms with Crippen LogP contribution < -0.4 is 15.4 Å². The molecular weight excluding hydrogens is 278 g/mol. The number of hydrogen-bond acceptors (Lipinski definition) is 4. The molecule has 6 heteroatoms. The van der Waals surface area contributed by atoms with E-state index in [1.807, 2.05) is 14.1 Å². The zero-order chi connectivity index (χ0) is 15.0. The number of carbonyl (C=O) groups is 1. The molecule has 1 aromatic rings. The van der Waals surface area contributed by atoms with Crippen LogP contribution in [-0.2, 0) is 4.79 Å². The van der Waals surface area contributed by atoms with Gasteiger partial charge in [-0.15, -0.1) is 0 Å². The Balaban J connectivity index is 2.37. The van der Waals surface area contributed by atoms with Gasteiger partial charge in [-0.3, -0.25) is 4.79 Å². The third-order valence-electron chi connectivity index (χ3n) is 2.68. The molecule has 0 bridgehead atoms. The van der Waals surface area contributed by atoms with Gasteiger partial charge in [-0.25, -0.2) is 0 Å². The first kappa shape index (κ1) is 16.8. The number of benzene rings is 1. The number of hydrogen-bond donors (Lipinski definition) is 2. The van der Waals surface area contributed by atoms with Crippen LogP contribution in [0.25, 0.3) is 0 Å². The smallest absolute Gasteiger partial charge is 0.238 e. The van der Waals surface area contributed by atoms with Crippen LogP contribution in [0, 0.1) is 0 Å². The van der Waals surface area contributed by atoms with Crippen LogP contribution in [0.4, 0.5) is 5.69 Å². The zero-order valence-electron chi connectivity index (χ0n) is 12.2. The van der Waals surface area contributed by atoms with Gasteiger partial charge in [0.05, 0.1) is 19.3 Å². The Morgan fingerprint density at radius 1 is 1.40 bits per heavy atom. The lowest BCUT2D eigenvalue weighted by Crippen LogP contribution is -2.30. The van der Waals surface area contributed by atoms with Gasteiger partial charge in [-0.05, 0) is 51.8 Å². The highest BCUT2D eigenvalue weighted by atomic mass is 35.5. The summed E-state index contributed by atoms with van der Waals surface area (Å²) < 4.78 is 5.17. The molecule has 0 radical (unpaired) electrons. The fourth-order valence-electron chi connectivity index (χ4n) is 1.69. The Morgan fingerprint density at radius 3 is 2.80 bits per heavy atom. The maximum absolute atomic E-state index is 11.8. The van der Waals surface area contributed by atoms with Crippen LogP contribution in [0.15, 0.2) is 18.2 Å². The average molecular weight is 300 g/mol. The molecular formula is C14H22ClN3O2. The highest BCUT2D eigenvalue weighted by Crippen LogP contribution is 2.27. The molecule has 0 aliphatic carbocycles. The molecule has 0 aliphatic rings. The Morgan fingerprint density at radius 2 is 2.15 bits per heavy atom. The number of anilines is 1. The van der Waals surface area contributed by atoms with E-state index in [2.05, 4.69) is 15.5 Å². The molecule has 0 unspecified atom stereocenters. The second kappa shape index (κ2) is 8.79. The molecule has 5 nitrogen and oxygen atoms in total. The van der Waals surface area contributed by atoms with Crippen molar-refractivity contribution in [3.63, 3.8) is 0 Å². The van der Waals surface area contributed by atoms with Crippen molar-refractivity contribution in [2.75, 3.05) is 46.2 Å². The predicted octanol–water partition coefficient (Wildman–Crippen LogP) is 1.83. The fraction of sp³-hybridized carbons (Fsp3) is 0.500. The van der Waals surface area contributed by atoms with Gasteiger partial charge in [0.15, 0.2) is 0 Å². The van der Waals surface area contributed by atoms with Crippen LogP contribution in [0.3, 0.4) is 0 Å². The molecule has 112 valence electrons. The summed E-state index contributed by atoms with van der Waals surface area (Å²) in [6.07, 6.45) is 1.00. The van der Waals surface area contributed by atoms with E-state index in [9.17, 15) is 4.79 Å². The summed E-state index contributed by atoms with van der Waals surface area (Å²) in [7, 11) is 5.61. The summed E-state index contributed by atoms with van der Waals surface area (Å²) in [6.45, 7) is 2.07. The van der Waals surface area contributed by atoms with Crippen LogP contribution in [0.2, 0.25) is 5.02 Å². The van der Waals surface area contributed by atoms with Crippen molar-refractivity contribution >= 4 is 23.2 Å². The monoisotopic (exact) mass is 299 g/mol. The third-order valence-corrected chi connectivity index (χ3v) is 2.92. The summed E-state index contributed by atoms with van der Waals surface area (Å²) in [6, 6.07) is 5.11. The SMILES string of the molecule is COc1ccc(Cl)cc1NC(=O)CNCCCN(C)C. The number of nitrogens with one attached hydrogen (secondary N) is 2. The fourth-order valence-corrected chi connectivity index (χ4v) is 1.87. The largest absolute Gasteiger partial charge is 0.495 e. The Hall–Kier alpha value is -1.30. The van der Waals surface area contributed by atoms with E-state index < -0.39 is 0 Å². The normalized spacial score (nSPS) is 10.7. The third kappa shape index (κ3) is 6.23. The highest BCUT2D eigenvalue weighted by molar-refractivity contribution is 6.31. The molecule has 0 fully saturated rings. The zero-order valence-corrected chi connectivity index (χ0v) is 13.0.